The van der Waals surface area contributed by atoms with Gasteiger partial charge in [0.15, 0.2) is 0 Å². The zero-order valence-electron chi connectivity index (χ0n) is 19.7. The van der Waals surface area contributed by atoms with Crippen molar-refractivity contribution in [2.75, 3.05) is 26.3 Å². The summed E-state index contributed by atoms with van der Waals surface area (Å²) < 4.78 is 20.1. The monoisotopic (exact) mass is 460 g/mol. The van der Waals surface area contributed by atoms with Gasteiger partial charge in [0.25, 0.3) is 0 Å². The van der Waals surface area contributed by atoms with E-state index in [-0.39, 0.29) is 11.7 Å². The highest BCUT2D eigenvalue weighted by molar-refractivity contribution is 5.83. The zero-order valence-corrected chi connectivity index (χ0v) is 19.7. The first kappa shape index (κ1) is 23.0. The van der Waals surface area contributed by atoms with Crippen molar-refractivity contribution in [1.82, 2.24) is 9.88 Å². The Hall–Kier alpha value is -2.79. The summed E-state index contributed by atoms with van der Waals surface area (Å²) in [6.45, 7) is 2.69. The molecule has 5 rings (SSSR count). The summed E-state index contributed by atoms with van der Waals surface area (Å²) in [5.74, 6) is 0.531. The van der Waals surface area contributed by atoms with E-state index in [1.54, 1.807) is 6.07 Å². The standard InChI is InChI=1S/C29H33FN2O2/c30-27-6-2-1-5-25(27)20-29(11-16-34-17-12-29)28(33)32-14-3-4-22(10-15-32)18-23-7-8-24-9-13-31-21-26(24)19-23/h1-2,5-9,13,19,21-22H,3-4,10-12,14-18,20H2. The van der Waals surface area contributed by atoms with Crippen molar-refractivity contribution in [3.05, 3.63) is 77.9 Å². The Balaban J connectivity index is 1.27. The van der Waals surface area contributed by atoms with Crippen LogP contribution in [-0.4, -0.2) is 42.1 Å². The Morgan fingerprint density at radius 2 is 1.91 bits per heavy atom. The van der Waals surface area contributed by atoms with Gasteiger partial charge in [-0.05, 0) is 85.6 Å². The maximum absolute atomic E-state index is 14.5. The van der Waals surface area contributed by atoms with E-state index >= 15 is 0 Å². The van der Waals surface area contributed by atoms with E-state index < -0.39 is 5.41 Å². The SMILES string of the molecule is O=C(N1CCCC(Cc2ccc3ccncc3c2)CC1)C1(Cc2ccccc2F)CCOCC1. The molecule has 0 spiro atoms. The minimum atomic E-state index is -0.564. The van der Waals surface area contributed by atoms with Crippen LogP contribution in [0.5, 0.6) is 0 Å². The van der Waals surface area contributed by atoms with Crippen LogP contribution in [0.25, 0.3) is 10.8 Å². The molecule has 3 aromatic rings. The number of carbonyl (C=O) groups is 1. The molecule has 2 aromatic carbocycles. The van der Waals surface area contributed by atoms with Crippen molar-refractivity contribution < 1.29 is 13.9 Å². The number of rotatable bonds is 5. The van der Waals surface area contributed by atoms with Gasteiger partial charge < -0.3 is 9.64 Å². The Bertz CT molecular complexity index is 1140. The number of hydrogen-bond donors (Lipinski definition) is 0. The lowest BCUT2D eigenvalue weighted by Gasteiger charge is -2.40. The lowest BCUT2D eigenvalue weighted by atomic mass is 9.74. The molecule has 1 aromatic heterocycles. The largest absolute Gasteiger partial charge is 0.381 e. The van der Waals surface area contributed by atoms with Crippen molar-refractivity contribution >= 4 is 16.7 Å². The van der Waals surface area contributed by atoms with Crippen LogP contribution >= 0.6 is 0 Å². The molecular formula is C29H33FN2O2. The summed E-state index contributed by atoms with van der Waals surface area (Å²) in [6.07, 6.45) is 9.69. The topological polar surface area (TPSA) is 42.4 Å². The maximum Gasteiger partial charge on any atom is 0.229 e. The molecule has 2 fully saturated rings. The van der Waals surface area contributed by atoms with Gasteiger partial charge in [-0.3, -0.25) is 9.78 Å². The molecule has 0 N–H and O–H groups in total. The quantitative estimate of drug-likeness (QED) is 0.499. The highest BCUT2D eigenvalue weighted by atomic mass is 19.1. The van der Waals surface area contributed by atoms with Crippen LogP contribution in [-0.2, 0) is 22.4 Å². The minimum absolute atomic E-state index is 0.191. The fraction of sp³-hybridized carbons (Fsp3) is 0.448. The number of hydrogen-bond acceptors (Lipinski definition) is 3. The summed E-state index contributed by atoms with van der Waals surface area (Å²) in [6, 6.07) is 15.6. The molecule has 0 bridgehead atoms. The van der Waals surface area contributed by atoms with Crippen molar-refractivity contribution in [1.29, 1.82) is 0 Å². The second kappa shape index (κ2) is 10.2. The fourth-order valence-electron chi connectivity index (χ4n) is 5.74. The smallest absolute Gasteiger partial charge is 0.229 e. The molecule has 3 heterocycles. The molecule has 0 saturated carbocycles. The van der Waals surface area contributed by atoms with Crippen LogP contribution in [0, 0.1) is 17.2 Å². The third-order valence-electron chi connectivity index (χ3n) is 7.75. The third-order valence-corrected chi connectivity index (χ3v) is 7.75. The number of likely N-dealkylation sites (tertiary alicyclic amines) is 1. The number of pyridine rings is 1. The molecule has 34 heavy (non-hydrogen) atoms. The van der Waals surface area contributed by atoms with Gasteiger partial charge in [0.1, 0.15) is 5.82 Å². The molecule has 2 aliphatic rings. The zero-order chi connectivity index (χ0) is 23.4. The van der Waals surface area contributed by atoms with Crippen LogP contribution < -0.4 is 0 Å². The number of fused-ring (bicyclic) bond motifs is 1. The third kappa shape index (κ3) is 5.00. The first-order valence-electron chi connectivity index (χ1n) is 12.6. The highest BCUT2D eigenvalue weighted by Crippen LogP contribution is 2.38. The van der Waals surface area contributed by atoms with E-state index in [9.17, 15) is 9.18 Å². The van der Waals surface area contributed by atoms with Gasteiger partial charge in [0.2, 0.25) is 5.91 Å². The Morgan fingerprint density at radius 1 is 1.06 bits per heavy atom. The lowest BCUT2D eigenvalue weighted by Crippen LogP contribution is -2.48. The average Bonchev–Trinajstić information content (AvgIpc) is 3.11. The minimum Gasteiger partial charge on any atom is -0.381 e. The van der Waals surface area contributed by atoms with Crippen LogP contribution in [0.2, 0.25) is 0 Å². The van der Waals surface area contributed by atoms with Gasteiger partial charge in [-0.25, -0.2) is 4.39 Å². The predicted octanol–water partition coefficient (Wildman–Crippen LogP) is 5.58. The van der Waals surface area contributed by atoms with Crippen LogP contribution in [0.1, 0.15) is 43.2 Å². The summed E-state index contributed by atoms with van der Waals surface area (Å²) in [5, 5.41) is 2.40. The van der Waals surface area contributed by atoms with E-state index in [0.717, 1.165) is 38.8 Å². The van der Waals surface area contributed by atoms with Gasteiger partial charge in [-0.15, -0.1) is 0 Å². The van der Waals surface area contributed by atoms with E-state index in [2.05, 4.69) is 28.1 Å². The molecule has 2 saturated heterocycles. The fourth-order valence-corrected chi connectivity index (χ4v) is 5.74. The summed E-state index contributed by atoms with van der Waals surface area (Å²) in [7, 11) is 0. The number of carbonyl (C=O) groups excluding carboxylic acids is 1. The van der Waals surface area contributed by atoms with Gasteiger partial charge in [-0.1, -0.05) is 30.3 Å². The van der Waals surface area contributed by atoms with Crippen molar-refractivity contribution in [2.24, 2.45) is 11.3 Å². The number of nitrogens with zero attached hydrogens (tertiary/aromatic N) is 2. The van der Waals surface area contributed by atoms with Crippen LogP contribution in [0.15, 0.2) is 60.9 Å². The van der Waals surface area contributed by atoms with Gasteiger partial charge >= 0.3 is 0 Å². The normalized spacial score (nSPS) is 20.7. The molecular weight excluding hydrogens is 427 g/mol. The number of ether oxygens (including phenoxy) is 1. The second-order valence-electron chi connectivity index (χ2n) is 10.0. The Kier molecular flexibility index (Phi) is 6.91. The van der Waals surface area contributed by atoms with Gasteiger partial charge in [0.05, 0.1) is 5.41 Å². The molecule has 0 radical (unpaired) electrons. The number of benzene rings is 2. The molecule has 5 heteroatoms. The lowest BCUT2D eigenvalue weighted by molar-refractivity contribution is -0.148. The molecule has 2 aliphatic heterocycles. The van der Waals surface area contributed by atoms with E-state index in [1.807, 2.05) is 30.6 Å². The van der Waals surface area contributed by atoms with Gasteiger partial charge in [0, 0.05) is 44.1 Å². The van der Waals surface area contributed by atoms with Crippen molar-refractivity contribution in [2.45, 2.75) is 44.9 Å². The maximum atomic E-state index is 14.5. The van der Waals surface area contributed by atoms with E-state index in [1.165, 1.54) is 22.4 Å². The van der Waals surface area contributed by atoms with E-state index in [0.29, 0.717) is 44.0 Å². The van der Waals surface area contributed by atoms with Crippen molar-refractivity contribution in [3.8, 4) is 0 Å². The van der Waals surface area contributed by atoms with Crippen LogP contribution in [0.4, 0.5) is 4.39 Å². The number of aromatic nitrogens is 1. The predicted molar refractivity (Wildman–Crippen MR) is 132 cm³/mol. The molecule has 1 atom stereocenters. The average molecular weight is 461 g/mol. The molecule has 0 aliphatic carbocycles. The van der Waals surface area contributed by atoms with E-state index in [4.69, 9.17) is 4.74 Å². The molecule has 178 valence electrons. The summed E-state index contributed by atoms with van der Waals surface area (Å²) in [4.78, 5) is 20.2. The molecule has 1 amide bonds. The van der Waals surface area contributed by atoms with Crippen molar-refractivity contribution in [3.63, 3.8) is 0 Å². The molecule has 4 nitrogen and oxygen atoms in total. The first-order chi connectivity index (χ1) is 16.6. The Labute approximate surface area is 201 Å². The van der Waals surface area contributed by atoms with Gasteiger partial charge in [-0.2, -0.15) is 0 Å². The van der Waals surface area contributed by atoms with Crippen LogP contribution in [0.3, 0.4) is 0 Å². The molecule has 1 unspecified atom stereocenters. The summed E-state index contributed by atoms with van der Waals surface area (Å²) in [5.41, 5.74) is 1.41. The number of halogens is 1. The summed E-state index contributed by atoms with van der Waals surface area (Å²) >= 11 is 0. The first-order valence-corrected chi connectivity index (χ1v) is 12.6. The second-order valence-corrected chi connectivity index (χ2v) is 10.0. The number of amides is 1. The Morgan fingerprint density at radius 3 is 2.76 bits per heavy atom. The highest BCUT2D eigenvalue weighted by Gasteiger charge is 2.43.